The highest BCUT2D eigenvalue weighted by molar-refractivity contribution is 4.78. The number of likely N-dealkylation sites (tertiary alicyclic amines) is 1. The Morgan fingerprint density at radius 2 is 1.94 bits per heavy atom. The van der Waals surface area contributed by atoms with Gasteiger partial charge in [0, 0.05) is 19.1 Å². The summed E-state index contributed by atoms with van der Waals surface area (Å²) in [6, 6.07) is 0.326. The van der Waals surface area contributed by atoms with Gasteiger partial charge in [0.1, 0.15) is 0 Å². The summed E-state index contributed by atoms with van der Waals surface area (Å²) >= 11 is 0. The van der Waals surface area contributed by atoms with E-state index in [9.17, 15) is 13.2 Å². The van der Waals surface area contributed by atoms with Gasteiger partial charge in [-0.25, -0.2) is 0 Å². The van der Waals surface area contributed by atoms with Crippen LogP contribution in [0.3, 0.4) is 0 Å². The maximum absolute atomic E-state index is 12.0. The quantitative estimate of drug-likeness (QED) is 0.778. The first-order valence-corrected chi connectivity index (χ1v) is 6.07. The first-order chi connectivity index (χ1) is 7.87. The average Bonchev–Trinajstić information content (AvgIpc) is 2.24. The van der Waals surface area contributed by atoms with E-state index in [-0.39, 0.29) is 12.6 Å². The zero-order valence-electron chi connectivity index (χ0n) is 10.1. The van der Waals surface area contributed by atoms with Crippen LogP contribution in [-0.2, 0) is 0 Å². The molecule has 6 heteroatoms. The molecule has 0 aromatic carbocycles. The van der Waals surface area contributed by atoms with Gasteiger partial charge in [-0.3, -0.25) is 0 Å². The van der Waals surface area contributed by atoms with Crippen molar-refractivity contribution in [2.24, 2.45) is 0 Å². The van der Waals surface area contributed by atoms with Gasteiger partial charge in [0.2, 0.25) is 0 Å². The molecule has 0 aromatic heterocycles. The summed E-state index contributed by atoms with van der Waals surface area (Å²) in [5, 5.41) is 12.3. The summed E-state index contributed by atoms with van der Waals surface area (Å²) in [4.78, 5) is 1.86. The Hall–Kier alpha value is -0.330. The van der Waals surface area contributed by atoms with Crippen LogP contribution in [0.4, 0.5) is 13.2 Å². The molecule has 0 aliphatic carbocycles. The smallest absolute Gasteiger partial charge is 0.390 e. The van der Waals surface area contributed by atoms with E-state index >= 15 is 0 Å². The molecule has 0 aromatic rings. The Bertz CT molecular complexity index is 213. The van der Waals surface area contributed by atoms with Crippen LogP contribution < -0.4 is 5.32 Å². The molecule has 0 saturated carbocycles. The van der Waals surface area contributed by atoms with Crippen LogP contribution in [0.1, 0.15) is 26.2 Å². The largest absolute Gasteiger partial charge is 0.392 e. The zero-order valence-corrected chi connectivity index (χ0v) is 10.1. The second-order valence-corrected chi connectivity index (χ2v) is 4.74. The number of aliphatic hydroxyl groups excluding tert-OH is 1. The summed E-state index contributed by atoms with van der Waals surface area (Å²) < 4.78 is 36.1. The lowest BCUT2D eigenvalue weighted by Crippen LogP contribution is -2.44. The van der Waals surface area contributed by atoms with Gasteiger partial charge >= 0.3 is 6.18 Å². The van der Waals surface area contributed by atoms with Crippen LogP contribution in [0.2, 0.25) is 0 Å². The van der Waals surface area contributed by atoms with Crippen LogP contribution in [0.15, 0.2) is 0 Å². The normalized spacial score (nSPS) is 21.7. The minimum atomic E-state index is -4.05. The summed E-state index contributed by atoms with van der Waals surface area (Å²) in [6.45, 7) is 3.77. The molecular formula is C11H21F3N2O. The number of nitrogens with one attached hydrogen (secondary N) is 1. The number of alkyl halides is 3. The molecule has 1 rings (SSSR count). The van der Waals surface area contributed by atoms with Gasteiger partial charge in [0.15, 0.2) is 0 Å². The number of aliphatic hydroxyl groups is 1. The van der Waals surface area contributed by atoms with Crippen LogP contribution in [0, 0.1) is 0 Å². The fourth-order valence-electron chi connectivity index (χ4n) is 1.98. The average molecular weight is 254 g/mol. The number of hydrogen-bond acceptors (Lipinski definition) is 3. The van der Waals surface area contributed by atoms with Gasteiger partial charge in [-0.15, -0.1) is 0 Å². The highest BCUT2D eigenvalue weighted by Gasteiger charge is 2.28. The van der Waals surface area contributed by atoms with E-state index in [0.717, 1.165) is 12.8 Å². The van der Waals surface area contributed by atoms with Crippen molar-refractivity contribution in [3.63, 3.8) is 0 Å². The second kappa shape index (κ2) is 6.56. The predicted octanol–water partition coefficient (Wildman–Crippen LogP) is 1.37. The van der Waals surface area contributed by atoms with E-state index in [1.807, 2.05) is 4.90 Å². The number of piperidine rings is 1. The van der Waals surface area contributed by atoms with Gasteiger partial charge in [-0.1, -0.05) is 0 Å². The lowest BCUT2D eigenvalue weighted by atomic mass is 10.0. The first-order valence-electron chi connectivity index (χ1n) is 6.07. The standard InChI is InChI=1S/C11H21F3N2O/c1-9(17)8-15-10-2-5-16(6-3-10)7-4-11(12,13)14/h9-10,15,17H,2-8H2,1H3. The number of halogens is 3. The minimum absolute atomic E-state index is 0.104. The molecule has 1 atom stereocenters. The SMILES string of the molecule is CC(O)CNC1CCN(CCC(F)(F)F)CC1. The van der Waals surface area contributed by atoms with Gasteiger partial charge in [-0.05, 0) is 32.9 Å². The Kier molecular flexibility index (Phi) is 5.69. The molecule has 17 heavy (non-hydrogen) atoms. The van der Waals surface area contributed by atoms with Crippen LogP contribution in [0.25, 0.3) is 0 Å². The van der Waals surface area contributed by atoms with Crippen molar-refractivity contribution in [2.75, 3.05) is 26.2 Å². The lowest BCUT2D eigenvalue weighted by Gasteiger charge is -2.32. The third kappa shape index (κ3) is 6.85. The Morgan fingerprint density at radius 3 is 2.41 bits per heavy atom. The first kappa shape index (κ1) is 14.7. The van der Waals surface area contributed by atoms with E-state index in [4.69, 9.17) is 5.11 Å². The molecule has 1 unspecified atom stereocenters. The fraction of sp³-hybridized carbons (Fsp3) is 1.00. The van der Waals surface area contributed by atoms with E-state index in [1.165, 1.54) is 0 Å². The van der Waals surface area contributed by atoms with Crippen LogP contribution in [-0.4, -0.2) is 54.5 Å². The molecule has 0 radical (unpaired) electrons. The Labute approximate surface area is 100.0 Å². The van der Waals surface area contributed by atoms with Gasteiger partial charge < -0.3 is 15.3 Å². The molecule has 102 valence electrons. The fourth-order valence-corrected chi connectivity index (χ4v) is 1.98. The molecule has 0 amide bonds. The zero-order chi connectivity index (χ0) is 12.9. The van der Waals surface area contributed by atoms with Crippen LogP contribution >= 0.6 is 0 Å². The van der Waals surface area contributed by atoms with Gasteiger partial charge in [0.25, 0.3) is 0 Å². The number of hydrogen-bond donors (Lipinski definition) is 2. The Morgan fingerprint density at radius 1 is 1.35 bits per heavy atom. The van der Waals surface area contributed by atoms with Crippen molar-refractivity contribution < 1.29 is 18.3 Å². The lowest BCUT2D eigenvalue weighted by molar-refractivity contribution is -0.138. The highest BCUT2D eigenvalue weighted by atomic mass is 19.4. The maximum atomic E-state index is 12.0. The second-order valence-electron chi connectivity index (χ2n) is 4.74. The maximum Gasteiger partial charge on any atom is 0.390 e. The molecule has 1 aliphatic heterocycles. The molecule has 3 nitrogen and oxygen atoms in total. The number of rotatable bonds is 5. The van der Waals surface area contributed by atoms with E-state index < -0.39 is 12.6 Å². The van der Waals surface area contributed by atoms with Crippen molar-refractivity contribution in [1.29, 1.82) is 0 Å². The van der Waals surface area contributed by atoms with Gasteiger partial charge in [-0.2, -0.15) is 13.2 Å². The third-order valence-corrected chi connectivity index (χ3v) is 3.00. The minimum Gasteiger partial charge on any atom is -0.392 e. The van der Waals surface area contributed by atoms with Crippen molar-refractivity contribution in [3.8, 4) is 0 Å². The van der Waals surface area contributed by atoms with Crippen molar-refractivity contribution in [2.45, 2.75) is 44.5 Å². The van der Waals surface area contributed by atoms with E-state index in [1.54, 1.807) is 6.92 Å². The number of nitrogens with zero attached hydrogens (tertiary/aromatic N) is 1. The molecule has 0 bridgehead atoms. The molecule has 1 heterocycles. The predicted molar refractivity (Wildman–Crippen MR) is 59.8 cm³/mol. The van der Waals surface area contributed by atoms with Crippen molar-refractivity contribution in [3.05, 3.63) is 0 Å². The highest BCUT2D eigenvalue weighted by Crippen LogP contribution is 2.21. The molecule has 0 spiro atoms. The van der Waals surface area contributed by atoms with E-state index in [2.05, 4.69) is 5.32 Å². The molecule has 1 aliphatic rings. The monoisotopic (exact) mass is 254 g/mol. The Balaban J connectivity index is 2.13. The molecule has 2 N–H and O–H groups in total. The van der Waals surface area contributed by atoms with Crippen LogP contribution in [0.5, 0.6) is 0 Å². The topological polar surface area (TPSA) is 35.5 Å². The van der Waals surface area contributed by atoms with Crippen molar-refractivity contribution in [1.82, 2.24) is 10.2 Å². The summed E-state index contributed by atoms with van der Waals surface area (Å²) in [5.41, 5.74) is 0. The summed E-state index contributed by atoms with van der Waals surface area (Å²) in [7, 11) is 0. The van der Waals surface area contributed by atoms with E-state index in [0.29, 0.717) is 25.7 Å². The summed E-state index contributed by atoms with van der Waals surface area (Å²) in [5.74, 6) is 0. The molecule has 1 fully saturated rings. The third-order valence-electron chi connectivity index (χ3n) is 3.00. The molecule has 1 saturated heterocycles. The summed E-state index contributed by atoms with van der Waals surface area (Å²) in [6.07, 6.45) is -3.45. The van der Waals surface area contributed by atoms with Gasteiger partial charge in [0.05, 0.1) is 12.5 Å². The van der Waals surface area contributed by atoms with Crippen molar-refractivity contribution >= 4 is 0 Å². The molecular weight excluding hydrogens is 233 g/mol.